The van der Waals surface area contributed by atoms with Crippen molar-refractivity contribution in [3.63, 3.8) is 0 Å². The van der Waals surface area contributed by atoms with Gasteiger partial charge in [-0.3, -0.25) is 0 Å². The summed E-state index contributed by atoms with van der Waals surface area (Å²) in [5, 5.41) is 0. The van der Waals surface area contributed by atoms with E-state index >= 15 is 0 Å². The van der Waals surface area contributed by atoms with Crippen LogP contribution in [0, 0.1) is 5.92 Å². The molecule has 3 nitrogen and oxygen atoms in total. The van der Waals surface area contributed by atoms with E-state index in [-0.39, 0.29) is 6.04 Å². The summed E-state index contributed by atoms with van der Waals surface area (Å²) in [5.74, 6) is 1.70. The maximum absolute atomic E-state index is 6.09. The molecule has 0 amide bonds. The van der Waals surface area contributed by atoms with Gasteiger partial charge in [0.2, 0.25) is 0 Å². The van der Waals surface area contributed by atoms with Gasteiger partial charge in [-0.15, -0.1) is 0 Å². The number of ether oxygens (including phenoxy) is 2. The van der Waals surface area contributed by atoms with E-state index in [1.165, 1.54) is 12.8 Å². The number of rotatable bonds is 8. The zero-order valence-corrected chi connectivity index (χ0v) is 11.1. The minimum Gasteiger partial charge on any atom is -0.494 e. The average molecular weight is 249 g/mol. The summed E-state index contributed by atoms with van der Waals surface area (Å²) in [6.45, 7) is 4.33. The lowest BCUT2D eigenvalue weighted by Gasteiger charge is -2.13. The first-order valence-corrected chi connectivity index (χ1v) is 6.85. The molecular formula is C15H23NO2. The van der Waals surface area contributed by atoms with Gasteiger partial charge < -0.3 is 15.2 Å². The molecule has 0 bridgehead atoms. The molecule has 2 rings (SSSR count). The molecule has 0 spiro atoms. The summed E-state index contributed by atoms with van der Waals surface area (Å²) < 4.78 is 11.2. The van der Waals surface area contributed by atoms with Crippen molar-refractivity contribution in [2.75, 3.05) is 19.8 Å². The third-order valence-electron chi connectivity index (χ3n) is 3.13. The van der Waals surface area contributed by atoms with Crippen LogP contribution in [0.5, 0.6) is 5.75 Å². The topological polar surface area (TPSA) is 44.5 Å². The maximum Gasteiger partial charge on any atom is 0.119 e. The maximum atomic E-state index is 6.09. The van der Waals surface area contributed by atoms with Crippen molar-refractivity contribution >= 4 is 0 Å². The Morgan fingerprint density at radius 2 is 2.00 bits per heavy atom. The van der Waals surface area contributed by atoms with Crippen LogP contribution in [0.15, 0.2) is 24.3 Å². The van der Waals surface area contributed by atoms with Crippen molar-refractivity contribution in [2.24, 2.45) is 11.7 Å². The van der Waals surface area contributed by atoms with Gasteiger partial charge in [0, 0.05) is 6.61 Å². The predicted octanol–water partition coefficient (Wildman–Crippen LogP) is 2.90. The van der Waals surface area contributed by atoms with Crippen LogP contribution in [-0.4, -0.2) is 19.8 Å². The summed E-state index contributed by atoms with van der Waals surface area (Å²) in [5.41, 5.74) is 7.19. The fraction of sp³-hybridized carbons (Fsp3) is 0.600. The number of hydrogen-bond donors (Lipinski definition) is 1. The molecule has 0 saturated heterocycles. The van der Waals surface area contributed by atoms with E-state index in [1.54, 1.807) is 0 Å². The summed E-state index contributed by atoms with van der Waals surface area (Å²) in [6.07, 6.45) is 3.66. The molecule has 1 aromatic rings. The van der Waals surface area contributed by atoms with Gasteiger partial charge in [-0.1, -0.05) is 19.1 Å². The van der Waals surface area contributed by atoms with Crippen molar-refractivity contribution in [3.05, 3.63) is 29.8 Å². The van der Waals surface area contributed by atoms with Crippen molar-refractivity contribution < 1.29 is 9.47 Å². The van der Waals surface area contributed by atoms with Crippen LogP contribution in [0.3, 0.4) is 0 Å². The Balaban J connectivity index is 1.75. The van der Waals surface area contributed by atoms with E-state index in [0.29, 0.717) is 6.61 Å². The molecule has 1 fully saturated rings. The Labute approximate surface area is 109 Å². The minimum absolute atomic E-state index is 0.0380. The monoisotopic (exact) mass is 249 g/mol. The van der Waals surface area contributed by atoms with Crippen molar-refractivity contribution in [1.82, 2.24) is 0 Å². The van der Waals surface area contributed by atoms with Gasteiger partial charge in [0.1, 0.15) is 5.75 Å². The van der Waals surface area contributed by atoms with Crippen molar-refractivity contribution in [1.29, 1.82) is 0 Å². The summed E-state index contributed by atoms with van der Waals surface area (Å²) in [7, 11) is 0. The second-order valence-corrected chi connectivity index (χ2v) is 5.00. The molecule has 2 N–H and O–H groups in total. The van der Waals surface area contributed by atoms with Crippen LogP contribution >= 0.6 is 0 Å². The fourth-order valence-electron chi connectivity index (χ4n) is 1.77. The lowest BCUT2D eigenvalue weighted by molar-refractivity contribution is 0.112. The number of hydrogen-bond acceptors (Lipinski definition) is 3. The Morgan fingerprint density at radius 3 is 2.61 bits per heavy atom. The molecule has 1 saturated carbocycles. The lowest BCUT2D eigenvalue weighted by Crippen LogP contribution is -2.17. The van der Waals surface area contributed by atoms with Crippen molar-refractivity contribution in [3.8, 4) is 5.75 Å². The van der Waals surface area contributed by atoms with E-state index in [0.717, 1.165) is 36.9 Å². The minimum atomic E-state index is -0.0380. The first-order valence-electron chi connectivity index (χ1n) is 6.85. The zero-order chi connectivity index (χ0) is 12.8. The van der Waals surface area contributed by atoms with Gasteiger partial charge in [-0.05, 0) is 42.9 Å². The number of benzene rings is 1. The lowest BCUT2D eigenvalue weighted by atomic mass is 10.1. The van der Waals surface area contributed by atoms with Crippen LogP contribution in [0.2, 0.25) is 0 Å². The van der Waals surface area contributed by atoms with Crippen LogP contribution in [0.4, 0.5) is 0 Å². The molecule has 0 aromatic heterocycles. The van der Waals surface area contributed by atoms with Crippen LogP contribution < -0.4 is 10.5 Å². The molecule has 1 aliphatic rings. The summed E-state index contributed by atoms with van der Waals surface area (Å²) >= 11 is 0. The molecule has 3 heteroatoms. The van der Waals surface area contributed by atoms with Crippen LogP contribution in [-0.2, 0) is 4.74 Å². The number of nitrogens with two attached hydrogens (primary N) is 1. The van der Waals surface area contributed by atoms with Crippen LogP contribution in [0.1, 0.15) is 37.8 Å². The molecule has 0 aliphatic heterocycles. The standard InChI is InChI=1S/C15H23NO2/c1-2-9-18-14-7-5-13(6-8-14)15(16)11-17-10-12-3-4-12/h5-8,12,15H,2-4,9-11,16H2,1H3. The molecular weight excluding hydrogens is 226 g/mol. The largest absolute Gasteiger partial charge is 0.494 e. The van der Waals surface area contributed by atoms with Gasteiger partial charge in [0.15, 0.2) is 0 Å². The Kier molecular flexibility index (Phi) is 5.02. The van der Waals surface area contributed by atoms with Gasteiger partial charge in [0.25, 0.3) is 0 Å². The highest BCUT2D eigenvalue weighted by Crippen LogP contribution is 2.29. The van der Waals surface area contributed by atoms with Crippen molar-refractivity contribution in [2.45, 2.75) is 32.2 Å². The highest BCUT2D eigenvalue weighted by atomic mass is 16.5. The Hall–Kier alpha value is -1.06. The van der Waals surface area contributed by atoms with E-state index in [9.17, 15) is 0 Å². The Morgan fingerprint density at radius 1 is 1.28 bits per heavy atom. The van der Waals surface area contributed by atoms with E-state index < -0.39 is 0 Å². The van der Waals surface area contributed by atoms with E-state index in [1.807, 2.05) is 24.3 Å². The zero-order valence-electron chi connectivity index (χ0n) is 11.1. The smallest absolute Gasteiger partial charge is 0.119 e. The molecule has 100 valence electrons. The van der Waals surface area contributed by atoms with Gasteiger partial charge in [-0.2, -0.15) is 0 Å². The third-order valence-corrected chi connectivity index (χ3v) is 3.13. The van der Waals surface area contributed by atoms with E-state index in [4.69, 9.17) is 15.2 Å². The molecule has 1 atom stereocenters. The molecule has 1 aliphatic carbocycles. The molecule has 0 heterocycles. The first-order chi connectivity index (χ1) is 8.79. The quantitative estimate of drug-likeness (QED) is 0.770. The molecule has 18 heavy (non-hydrogen) atoms. The average Bonchev–Trinajstić information content (AvgIpc) is 3.21. The predicted molar refractivity (Wildman–Crippen MR) is 72.7 cm³/mol. The second-order valence-electron chi connectivity index (χ2n) is 5.00. The van der Waals surface area contributed by atoms with Crippen LogP contribution in [0.25, 0.3) is 0 Å². The fourth-order valence-corrected chi connectivity index (χ4v) is 1.77. The highest BCUT2D eigenvalue weighted by molar-refractivity contribution is 5.29. The summed E-state index contributed by atoms with van der Waals surface area (Å²) in [6, 6.07) is 7.97. The van der Waals surface area contributed by atoms with Gasteiger partial charge in [-0.25, -0.2) is 0 Å². The third kappa shape index (κ3) is 4.31. The Bertz CT molecular complexity index is 346. The second kappa shape index (κ2) is 6.76. The van der Waals surface area contributed by atoms with E-state index in [2.05, 4.69) is 6.92 Å². The molecule has 1 unspecified atom stereocenters. The SMILES string of the molecule is CCCOc1ccc(C(N)COCC2CC2)cc1. The molecule has 0 radical (unpaired) electrons. The van der Waals surface area contributed by atoms with Gasteiger partial charge in [0.05, 0.1) is 19.3 Å². The first kappa shape index (κ1) is 13.4. The summed E-state index contributed by atoms with van der Waals surface area (Å²) in [4.78, 5) is 0. The molecule has 1 aromatic carbocycles. The normalized spacial score (nSPS) is 16.6. The van der Waals surface area contributed by atoms with Gasteiger partial charge >= 0.3 is 0 Å². The highest BCUT2D eigenvalue weighted by Gasteiger charge is 2.21.